The van der Waals surface area contributed by atoms with Crippen LogP contribution in [0.2, 0.25) is 0 Å². The van der Waals surface area contributed by atoms with Crippen molar-refractivity contribution in [1.82, 2.24) is 9.97 Å². The van der Waals surface area contributed by atoms with Crippen LogP contribution < -0.4 is 4.74 Å². The van der Waals surface area contributed by atoms with Gasteiger partial charge in [0.1, 0.15) is 5.75 Å². The fraction of sp³-hybridized carbons (Fsp3) is 0.556. The van der Waals surface area contributed by atoms with E-state index in [0.29, 0.717) is 0 Å². The van der Waals surface area contributed by atoms with Crippen molar-refractivity contribution in [3.05, 3.63) is 54.4 Å². The molecule has 0 bridgehead atoms. The maximum absolute atomic E-state index is 5.84. The van der Waals surface area contributed by atoms with Crippen molar-refractivity contribution >= 4 is 0 Å². The van der Waals surface area contributed by atoms with Gasteiger partial charge in [-0.1, -0.05) is 58.6 Å². The van der Waals surface area contributed by atoms with Crippen LogP contribution in [0.15, 0.2) is 48.8 Å². The Morgan fingerprint density at radius 2 is 1.67 bits per heavy atom. The Bertz CT molecular complexity index is 707. The third-order valence-electron chi connectivity index (χ3n) is 5.61. The zero-order valence-corrected chi connectivity index (χ0v) is 19.3. The van der Waals surface area contributed by atoms with Gasteiger partial charge in [-0.05, 0) is 74.3 Å². The SMILES string of the molecule is CC/C=C\CCCCOc1ccc(-c2ncc(CCCCC[C@@H](C)CC)cn2)cc1. The molecule has 0 aliphatic carbocycles. The molecule has 0 aliphatic heterocycles. The van der Waals surface area contributed by atoms with Gasteiger partial charge in [-0.25, -0.2) is 9.97 Å². The highest BCUT2D eigenvalue weighted by molar-refractivity contribution is 5.55. The number of hydrogen-bond acceptors (Lipinski definition) is 3. The zero-order valence-electron chi connectivity index (χ0n) is 19.3. The van der Waals surface area contributed by atoms with Crippen molar-refractivity contribution < 1.29 is 4.74 Å². The Kier molecular flexibility index (Phi) is 11.9. The molecule has 3 nitrogen and oxygen atoms in total. The van der Waals surface area contributed by atoms with Crippen LogP contribution in [0.3, 0.4) is 0 Å². The Labute approximate surface area is 184 Å². The molecule has 30 heavy (non-hydrogen) atoms. The predicted octanol–water partition coefficient (Wildman–Crippen LogP) is 7.81. The van der Waals surface area contributed by atoms with E-state index in [9.17, 15) is 0 Å². The first-order valence-electron chi connectivity index (χ1n) is 11.9. The Morgan fingerprint density at radius 3 is 2.37 bits per heavy atom. The van der Waals surface area contributed by atoms with Gasteiger partial charge in [0, 0.05) is 18.0 Å². The number of aryl methyl sites for hydroxylation is 1. The molecule has 0 N–H and O–H groups in total. The van der Waals surface area contributed by atoms with Crippen molar-refractivity contribution in [2.24, 2.45) is 5.92 Å². The van der Waals surface area contributed by atoms with Crippen LogP contribution in [0.4, 0.5) is 0 Å². The fourth-order valence-electron chi connectivity index (χ4n) is 3.37. The molecule has 0 saturated heterocycles. The van der Waals surface area contributed by atoms with Gasteiger partial charge in [0.05, 0.1) is 6.61 Å². The standard InChI is InChI=1S/C27H40N2O/c1-4-6-7-8-9-13-20-30-26-18-16-25(17-19-26)27-28-21-24(22-29-27)15-12-10-11-14-23(3)5-2/h6-7,16-19,21-23H,4-5,8-15,20H2,1-3H3/b7-6-/t23-/m0/s1. The minimum atomic E-state index is 0.766. The van der Waals surface area contributed by atoms with Gasteiger partial charge in [-0.15, -0.1) is 0 Å². The third-order valence-corrected chi connectivity index (χ3v) is 5.61. The van der Waals surface area contributed by atoms with Crippen LogP contribution in [0.25, 0.3) is 11.4 Å². The summed E-state index contributed by atoms with van der Waals surface area (Å²) >= 11 is 0. The molecule has 1 atom stereocenters. The van der Waals surface area contributed by atoms with Crippen LogP contribution >= 0.6 is 0 Å². The molecule has 2 rings (SSSR count). The molecule has 1 aromatic carbocycles. The van der Waals surface area contributed by atoms with E-state index >= 15 is 0 Å². The minimum Gasteiger partial charge on any atom is -0.494 e. The maximum Gasteiger partial charge on any atom is 0.159 e. The molecule has 0 amide bonds. The van der Waals surface area contributed by atoms with Crippen molar-refractivity contribution in [3.8, 4) is 17.1 Å². The van der Waals surface area contributed by atoms with Crippen molar-refractivity contribution in [2.45, 2.75) is 85.0 Å². The molecule has 0 radical (unpaired) electrons. The summed E-state index contributed by atoms with van der Waals surface area (Å²) in [5, 5.41) is 0. The second-order valence-corrected chi connectivity index (χ2v) is 8.28. The number of benzene rings is 1. The molecule has 0 spiro atoms. The van der Waals surface area contributed by atoms with Gasteiger partial charge in [-0.3, -0.25) is 0 Å². The topological polar surface area (TPSA) is 35.0 Å². The molecule has 1 aromatic heterocycles. The number of ether oxygens (including phenoxy) is 1. The van der Waals surface area contributed by atoms with Gasteiger partial charge in [-0.2, -0.15) is 0 Å². The molecule has 0 fully saturated rings. The predicted molar refractivity (Wildman–Crippen MR) is 128 cm³/mol. The number of hydrogen-bond donors (Lipinski definition) is 0. The minimum absolute atomic E-state index is 0.766. The summed E-state index contributed by atoms with van der Waals surface area (Å²) in [4.78, 5) is 9.14. The highest BCUT2D eigenvalue weighted by Gasteiger charge is 2.04. The summed E-state index contributed by atoms with van der Waals surface area (Å²) in [5.41, 5.74) is 2.27. The van der Waals surface area contributed by atoms with Crippen LogP contribution in [0.1, 0.15) is 84.1 Å². The van der Waals surface area contributed by atoms with Crippen molar-refractivity contribution in [2.75, 3.05) is 6.61 Å². The fourth-order valence-corrected chi connectivity index (χ4v) is 3.37. The first-order valence-corrected chi connectivity index (χ1v) is 11.9. The van der Waals surface area contributed by atoms with E-state index in [-0.39, 0.29) is 0 Å². The lowest BCUT2D eigenvalue weighted by Gasteiger charge is -2.08. The number of rotatable bonds is 15. The van der Waals surface area contributed by atoms with E-state index < -0.39 is 0 Å². The zero-order chi connectivity index (χ0) is 21.4. The van der Waals surface area contributed by atoms with Crippen LogP contribution in [0, 0.1) is 5.92 Å². The molecule has 0 aliphatic rings. The number of allylic oxidation sites excluding steroid dienone is 2. The molecule has 3 heteroatoms. The molecule has 2 aromatic rings. The smallest absolute Gasteiger partial charge is 0.159 e. The van der Waals surface area contributed by atoms with E-state index in [2.05, 4.69) is 42.9 Å². The summed E-state index contributed by atoms with van der Waals surface area (Å²) in [7, 11) is 0. The number of nitrogens with zero attached hydrogens (tertiary/aromatic N) is 2. The van der Waals surface area contributed by atoms with E-state index in [1.807, 2.05) is 36.7 Å². The summed E-state index contributed by atoms with van der Waals surface area (Å²) in [6.45, 7) is 7.55. The quantitative estimate of drug-likeness (QED) is 0.223. The van der Waals surface area contributed by atoms with Gasteiger partial charge < -0.3 is 4.74 Å². The Hall–Kier alpha value is -2.16. The van der Waals surface area contributed by atoms with E-state index in [1.165, 1.54) is 44.1 Å². The second kappa shape index (κ2) is 14.8. The van der Waals surface area contributed by atoms with E-state index in [4.69, 9.17) is 4.74 Å². The monoisotopic (exact) mass is 408 g/mol. The van der Waals surface area contributed by atoms with Gasteiger partial charge in [0.2, 0.25) is 0 Å². The summed E-state index contributed by atoms with van der Waals surface area (Å²) in [6, 6.07) is 8.12. The lowest BCUT2D eigenvalue weighted by Crippen LogP contribution is -1.97. The lowest BCUT2D eigenvalue weighted by molar-refractivity contribution is 0.307. The third kappa shape index (κ3) is 9.56. The molecular formula is C27H40N2O. The molecule has 1 heterocycles. The Balaban J connectivity index is 1.70. The largest absolute Gasteiger partial charge is 0.494 e. The molecular weight excluding hydrogens is 368 g/mol. The lowest BCUT2D eigenvalue weighted by atomic mass is 10.00. The molecule has 164 valence electrons. The van der Waals surface area contributed by atoms with Crippen LogP contribution in [0.5, 0.6) is 5.75 Å². The van der Waals surface area contributed by atoms with Crippen LogP contribution in [-0.2, 0) is 6.42 Å². The Morgan fingerprint density at radius 1 is 0.900 bits per heavy atom. The second-order valence-electron chi connectivity index (χ2n) is 8.28. The highest BCUT2D eigenvalue weighted by atomic mass is 16.5. The highest BCUT2D eigenvalue weighted by Crippen LogP contribution is 2.20. The normalized spacial score (nSPS) is 12.4. The average Bonchev–Trinajstić information content (AvgIpc) is 2.79. The summed E-state index contributed by atoms with van der Waals surface area (Å²) in [5.74, 6) is 2.55. The van der Waals surface area contributed by atoms with E-state index in [1.54, 1.807) is 0 Å². The van der Waals surface area contributed by atoms with E-state index in [0.717, 1.165) is 55.3 Å². The van der Waals surface area contributed by atoms with Crippen LogP contribution in [-0.4, -0.2) is 16.6 Å². The number of unbranched alkanes of at least 4 members (excludes halogenated alkanes) is 4. The number of aromatic nitrogens is 2. The first-order chi connectivity index (χ1) is 14.7. The van der Waals surface area contributed by atoms with Crippen molar-refractivity contribution in [1.29, 1.82) is 0 Å². The first kappa shape index (κ1) is 24.1. The summed E-state index contributed by atoms with van der Waals surface area (Å²) < 4.78 is 5.84. The van der Waals surface area contributed by atoms with Crippen molar-refractivity contribution in [3.63, 3.8) is 0 Å². The molecule has 0 saturated carbocycles. The van der Waals surface area contributed by atoms with Gasteiger partial charge in [0.25, 0.3) is 0 Å². The van der Waals surface area contributed by atoms with Gasteiger partial charge >= 0.3 is 0 Å². The average molecular weight is 409 g/mol. The summed E-state index contributed by atoms with van der Waals surface area (Å²) in [6.07, 6.45) is 20.5. The van der Waals surface area contributed by atoms with Gasteiger partial charge in [0.15, 0.2) is 5.82 Å². The molecule has 0 unspecified atom stereocenters. The maximum atomic E-state index is 5.84.